The largest absolute Gasteiger partial charge is 0.346 e. The minimum Gasteiger partial charge on any atom is -0.346 e. The first-order valence-corrected chi connectivity index (χ1v) is 8.91. The van der Waals surface area contributed by atoms with E-state index in [9.17, 15) is 12.8 Å². The Kier molecular flexibility index (Phi) is 4.39. The molecule has 2 aromatic rings. The number of nitrogens with zero attached hydrogens (tertiary/aromatic N) is 1. The standard InChI is InChI=1S/C14H17ClFNO2S/c1-3-10(4-2)8-17-9-13(20(15,18)19)14-11(16)6-5-7-12(14)17/h5-7,9-10H,3-4,8H2,1-2H3. The summed E-state index contributed by atoms with van der Waals surface area (Å²) in [5, 5.41) is 0.0773. The maximum Gasteiger partial charge on any atom is 0.263 e. The van der Waals surface area contributed by atoms with Gasteiger partial charge in [-0.3, -0.25) is 0 Å². The fourth-order valence-corrected chi connectivity index (χ4v) is 3.48. The third-order valence-electron chi connectivity index (χ3n) is 3.69. The van der Waals surface area contributed by atoms with Crippen LogP contribution in [0, 0.1) is 11.7 Å². The number of benzene rings is 1. The topological polar surface area (TPSA) is 39.1 Å². The summed E-state index contributed by atoms with van der Waals surface area (Å²) >= 11 is 0. The van der Waals surface area contributed by atoms with Crippen molar-refractivity contribution in [2.45, 2.75) is 38.1 Å². The highest BCUT2D eigenvalue weighted by Crippen LogP contribution is 2.31. The van der Waals surface area contributed by atoms with Crippen LogP contribution in [-0.2, 0) is 15.6 Å². The molecule has 0 spiro atoms. The van der Waals surface area contributed by atoms with E-state index in [0.29, 0.717) is 18.0 Å². The summed E-state index contributed by atoms with van der Waals surface area (Å²) in [5.74, 6) is -0.148. The SMILES string of the molecule is CCC(CC)Cn1cc(S(=O)(=O)Cl)c2c(F)cccc21. The summed E-state index contributed by atoms with van der Waals surface area (Å²) in [6.45, 7) is 4.82. The van der Waals surface area contributed by atoms with E-state index >= 15 is 0 Å². The maximum absolute atomic E-state index is 14.0. The minimum atomic E-state index is -3.97. The summed E-state index contributed by atoms with van der Waals surface area (Å²) < 4.78 is 39.0. The average molecular weight is 318 g/mol. The Morgan fingerprint density at radius 3 is 2.50 bits per heavy atom. The molecule has 1 heterocycles. The molecular formula is C14H17ClFNO2S. The van der Waals surface area contributed by atoms with Crippen molar-refractivity contribution in [1.29, 1.82) is 0 Å². The van der Waals surface area contributed by atoms with E-state index < -0.39 is 14.9 Å². The lowest BCUT2D eigenvalue weighted by molar-refractivity contribution is 0.424. The van der Waals surface area contributed by atoms with Gasteiger partial charge in [0.2, 0.25) is 0 Å². The maximum atomic E-state index is 14.0. The number of hydrogen-bond donors (Lipinski definition) is 0. The van der Waals surface area contributed by atoms with E-state index in [2.05, 4.69) is 13.8 Å². The van der Waals surface area contributed by atoms with Crippen molar-refractivity contribution < 1.29 is 12.8 Å². The van der Waals surface area contributed by atoms with Gasteiger partial charge >= 0.3 is 0 Å². The lowest BCUT2D eigenvalue weighted by Crippen LogP contribution is -2.08. The van der Waals surface area contributed by atoms with Crippen LogP contribution < -0.4 is 0 Å². The molecule has 0 radical (unpaired) electrons. The first kappa shape index (κ1) is 15.3. The molecule has 0 bridgehead atoms. The summed E-state index contributed by atoms with van der Waals surface area (Å²) in [5.41, 5.74) is 0.566. The second kappa shape index (κ2) is 5.74. The lowest BCUT2D eigenvalue weighted by Gasteiger charge is -2.14. The van der Waals surface area contributed by atoms with Gasteiger partial charge in [0.25, 0.3) is 9.05 Å². The number of halogens is 2. The van der Waals surface area contributed by atoms with Crippen LogP contribution in [0.4, 0.5) is 4.39 Å². The van der Waals surface area contributed by atoms with E-state index in [4.69, 9.17) is 10.7 Å². The van der Waals surface area contributed by atoms with Crippen LogP contribution in [0.15, 0.2) is 29.3 Å². The normalized spacial score (nSPS) is 12.4. The van der Waals surface area contributed by atoms with Gasteiger partial charge in [0.05, 0.1) is 10.9 Å². The summed E-state index contributed by atoms with van der Waals surface area (Å²) in [6.07, 6.45) is 3.40. The van der Waals surface area contributed by atoms with Crippen molar-refractivity contribution in [1.82, 2.24) is 4.57 Å². The summed E-state index contributed by atoms with van der Waals surface area (Å²) in [4.78, 5) is -0.154. The molecule has 3 nitrogen and oxygen atoms in total. The lowest BCUT2D eigenvalue weighted by atomic mass is 10.0. The van der Waals surface area contributed by atoms with Crippen molar-refractivity contribution in [3.63, 3.8) is 0 Å². The monoisotopic (exact) mass is 317 g/mol. The van der Waals surface area contributed by atoms with Crippen LogP contribution in [0.3, 0.4) is 0 Å². The van der Waals surface area contributed by atoms with Crippen molar-refractivity contribution in [3.8, 4) is 0 Å². The Balaban J connectivity index is 2.66. The Hall–Kier alpha value is -1.07. The molecule has 0 aliphatic rings. The smallest absolute Gasteiger partial charge is 0.263 e. The average Bonchev–Trinajstić information content (AvgIpc) is 2.76. The molecule has 0 atom stereocenters. The zero-order valence-corrected chi connectivity index (χ0v) is 13.0. The predicted octanol–water partition coefficient (Wildman–Crippen LogP) is 4.14. The predicted molar refractivity (Wildman–Crippen MR) is 79.0 cm³/mol. The highest BCUT2D eigenvalue weighted by atomic mass is 35.7. The summed E-state index contributed by atoms with van der Waals surface area (Å²) in [7, 11) is 1.45. The van der Waals surface area contributed by atoms with Crippen molar-refractivity contribution in [3.05, 3.63) is 30.2 Å². The Morgan fingerprint density at radius 1 is 1.30 bits per heavy atom. The molecule has 6 heteroatoms. The molecule has 0 amide bonds. The molecule has 0 aliphatic carbocycles. The zero-order chi connectivity index (χ0) is 14.9. The molecule has 0 unspecified atom stereocenters. The number of aromatic nitrogens is 1. The molecular weight excluding hydrogens is 301 g/mol. The second-order valence-corrected chi connectivity index (χ2v) is 7.43. The van der Waals surface area contributed by atoms with Gasteiger partial charge in [0.15, 0.2) is 0 Å². The molecule has 0 fully saturated rings. The third-order valence-corrected chi connectivity index (χ3v) is 5.03. The van der Waals surface area contributed by atoms with E-state index in [1.54, 1.807) is 16.7 Å². The highest BCUT2D eigenvalue weighted by Gasteiger charge is 2.22. The second-order valence-electron chi connectivity index (χ2n) is 4.90. The molecule has 0 aliphatic heterocycles. The van der Waals surface area contributed by atoms with Gasteiger partial charge in [-0.15, -0.1) is 0 Å². The zero-order valence-electron chi connectivity index (χ0n) is 11.4. The molecule has 20 heavy (non-hydrogen) atoms. The quantitative estimate of drug-likeness (QED) is 0.777. The van der Waals surface area contributed by atoms with Crippen LogP contribution in [0.5, 0.6) is 0 Å². The van der Waals surface area contributed by atoms with Crippen LogP contribution in [0.1, 0.15) is 26.7 Å². The van der Waals surface area contributed by atoms with Gasteiger partial charge in [-0.25, -0.2) is 12.8 Å². The van der Waals surface area contributed by atoms with Gasteiger partial charge in [0, 0.05) is 23.4 Å². The first-order chi connectivity index (χ1) is 9.38. The van der Waals surface area contributed by atoms with Crippen molar-refractivity contribution >= 4 is 30.6 Å². The highest BCUT2D eigenvalue weighted by molar-refractivity contribution is 8.14. The van der Waals surface area contributed by atoms with E-state index in [0.717, 1.165) is 12.8 Å². The van der Waals surface area contributed by atoms with Gasteiger partial charge in [-0.1, -0.05) is 32.8 Å². The van der Waals surface area contributed by atoms with Crippen molar-refractivity contribution in [2.24, 2.45) is 5.92 Å². The van der Waals surface area contributed by atoms with E-state index in [-0.39, 0.29) is 10.3 Å². The Bertz CT molecular complexity index is 720. The Labute approximate surface area is 122 Å². The summed E-state index contributed by atoms with van der Waals surface area (Å²) in [6, 6.07) is 4.54. The molecule has 1 aromatic heterocycles. The first-order valence-electron chi connectivity index (χ1n) is 6.60. The van der Waals surface area contributed by atoms with E-state index in [1.165, 1.54) is 12.3 Å². The van der Waals surface area contributed by atoms with Crippen LogP contribution >= 0.6 is 10.7 Å². The van der Waals surface area contributed by atoms with Crippen LogP contribution in [0.25, 0.3) is 10.9 Å². The molecule has 0 saturated heterocycles. The Morgan fingerprint density at radius 2 is 1.95 bits per heavy atom. The molecule has 0 saturated carbocycles. The third kappa shape index (κ3) is 2.83. The molecule has 2 rings (SSSR count). The number of hydrogen-bond acceptors (Lipinski definition) is 2. The van der Waals surface area contributed by atoms with Crippen LogP contribution in [-0.4, -0.2) is 13.0 Å². The van der Waals surface area contributed by atoms with Crippen LogP contribution in [0.2, 0.25) is 0 Å². The van der Waals surface area contributed by atoms with E-state index in [1.807, 2.05) is 0 Å². The minimum absolute atomic E-state index is 0.0773. The van der Waals surface area contributed by atoms with Gasteiger partial charge < -0.3 is 4.57 Å². The van der Waals surface area contributed by atoms with Gasteiger partial charge in [0.1, 0.15) is 10.7 Å². The molecule has 1 aromatic carbocycles. The number of rotatable bonds is 5. The molecule has 0 N–H and O–H groups in total. The van der Waals surface area contributed by atoms with Gasteiger partial charge in [-0.2, -0.15) is 0 Å². The fourth-order valence-electron chi connectivity index (χ4n) is 2.43. The van der Waals surface area contributed by atoms with Crippen molar-refractivity contribution in [2.75, 3.05) is 0 Å². The van der Waals surface area contributed by atoms with Gasteiger partial charge in [-0.05, 0) is 18.1 Å². The fraction of sp³-hybridized carbons (Fsp3) is 0.429. The number of fused-ring (bicyclic) bond motifs is 1. The molecule has 110 valence electrons.